The van der Waals surface area contributed by atoms with Crippen molar-refractivity contribution in [3.8, 4) is 67.0 Å². The lowest BCUT2D eigenvalue weighted by atomic mass is 9.82. The number of fused-ring (bicyclic) bond motifs is 2. The lowest BCUT2D eigenvalue weighted by Crippen LogP contribution is -1.95. The number of hydrogen-bond donors (Lipinski definition) is 0. The van der Waals surface area contributed by atoms with E-state index >= 15 is 0 Å². The molecule has 0 aliphatic rings. The van der Waals surface area contributed by atoms with Gasteiger partial charge < -0.3 is 0 Å². The summed E-state index contributed by atoms with van der Waals surface area (Å²) in [6.07, 6.45) is 3.74. The van der Waals surface area contributed by atoms with Gasteiger partial charge in [-0.1, -0.05) is 152 Å². The van der Waals surface area contributed by atoms with Crippen LogP contribution in [0.5, 0.6) is 0 Å². The van der Waals surface area contributed by atoms with Gasteiger partial charge in [0.25, 0.3) is 0 Å². The van der Waals surface area contributed by atoms with Crippen molar-refractivity contribution in [2.45, 2.75) is 0 Å². The van der Waals surface area contributed by atoms with E-state index in [9.17, 15) is 0 Å². The Kier molecular flexibility index (Phi) is 7.53. The van der Waals surface area contributed by atoms with Crippen LogP contribution in [-0.2, 0) is 0 Å². The van der Waals surface area contributed by atoms with Crippen LogP contribution in [0.1, 0.15) is 0 Å². The third kappa shape index (κ3) is 5.24. The van der Waals surface area contributed by atoms with Crippen LogP contribution in [0.2, 0.25) is 0 Å². The van der Waals surface area contributed by atoms with Gasteiger partial charge in [-0.25, -0.2) is 0 Å². The summed E-state index contributed by atoms with van der Waals surface area (Å²) in [5.41, 5.74) is 13.6. The van der Waals surface area contributed by atoms with Crippen molar-refractivity contribution in [3.05, 3.63) is 194 Å². The molecule has 2 heterocycles. The number of pyridine rings is 2. The summed E-state index contributed by atoms with van der Waals surface area (Å²) in [5.74, 6) is 0. The zero-order valence-corrected chi connectivity index (χ0v) is 27.4. The van der Waals surface area contributed by atoms with E-state index in [-0.39, 0.29) is 0 Å². The molecule has 0 bridgehead atoms. The highest BCUT2D eigenvalue weighted by Gasteiger charge is 2.21. The van der Waals surface area contributed by atoms with E-state index in [0.717, 1.165) is 22.5 Å². The molecule has 9 rings (SSSR count). The number of aromatic nitrogens is 2. The van der Waals surface area contributed by atoms with Crippen molar-refractivity contribution >= 4 is 21.5 Å². The summed E-state index contributed by atoms with van der Waals surface area (Å²) in [7, 11) is 0. The minimum absolute atomic E-state index is 0.915. The molecular formula is C48H32N2. The van der Waals surface area contributed by atoms with Crippen LogP contribution in [0.25, 0.3) is 88.6 Å². The van der Waals surface area contributed by atoms with E-state index in [1.54, 1.807) is 0 Å². The molecule has 2 nitrogen and oxygen atoms in total. The van der Waals surface area contributed by atoms with Crippen molar-refractivity contribution in [1.82, 2.24) is 9.97 Å². The Morgan fingerprint density at radius 1 is 0.280 bits per heavy atom. The minimum Gasteiger partial charge on any atom is -0.256 e. The molecule has 2 aromatic heterocycles. The molecule has 0 saturated heterocycles. The first-order chi connectivity index (χ1) is 24.8. The van der Waals surface area contributed by atoms with Crippen molar-refractivity contribution in [3.63, 3.8) is 0 Å². The van der Waals surface area contributed by atoms with Crippen molar-refractivity contribution in [2.24, 2.45) is 0 Å². The molecule has 7 aromatic carbocycles. The molecule has 0 aliphatic carbocycles. The summed E-state index contributed by atoms with van der Waals surface area (Å²) in [4.78, 5) is 9.48. The maximum Gasteiger partial charge on any atom is 0.0717 e. The van der Waals surface area contributed by atoms with Gasteiger partial charge >= 0.3 is 0 Å². The predicted molar refractivity (Wildman–Crippen MR) is 210 cm³/mol. The molecule has 0 radical (unpaired) electrons. The highest BCUT2D eigenvalue weighted by molar-refractivity contribution is 6.23. The molecule has 0 atom stereocenters. The molecule has 234 valence electrons. The number of benzene rings is 7. The lowest BCUT2D eigenvalue weighted by molar-refractivity contribution is 1.28. The first-order valence-corrected chi connectivity index (χ1v) is 17.0. The Balaban J connectivity index is 1.36. The second-order valence-corrected chi connectivity index (χ2v) is 12.5. The van der Waals surface area contributed by atoms with Crippen LogP contribution < -0.4 is 0 Å². The van der Waals surface area contributed by atoms with Gasteiger partial charge in [0.2, 0.25) is 0 Å². The Morgan fingerprint density at radius 3 is 1.32 bits per heavy atom. The summed E-state index contributed by atoms with van der Waals surface area (Å²) >= 11 is 0. The summed E-state index contributed by atoms with van der Waals surface area (Å²) in [6.45, 7) is 0. The van der Waals surface area contributed by atoms with Crippen LogP contribution in [0.4, 0.5) is 0 Å². The van der Waals surface area contributed by atoms with E-state index in [0.29, 0.717) is 0 Å². The standard InChI is InChI=1S/C48H32N2/c1-3-15-33(16-4-1)37-19-7-9-21-39(37)47-41-23-11-12-24-42(41)48(40-22-10-8-20-38(40)34-17-5-2-6-18-34)44-31-35(26-28-43(44)47)46-29-27-36(32-50-46)45-25-13-14-30-49-45/h1-32H. The molecule has 2 heteroatoms. The molecule has 0 fully saturated rings. The van der Waals surface area contributed by atoms with Gasteiger partial charge in [0.1, 0.15) is 0 Å². The van der Waals surface area contributed by atoms with E-state index in [1.807, 2.05) is 30.6 Å². The molecule has 0 spiro atoms. The lowest BCUT2D eigenvalue weighted by Gasteiger charge is -2.21. The summed E-state index contributed by atoms with van der Waals surface area (Å²) < 4.78 is 0. The van der Waals surface area contributed by atoms with E-state index in [4.69, 9.17) is 4.98 Å². The quantitative estimate of drug-likeness (QED) is 0.170. The maximum atomic E-state index is 4.96. The first kappa shape index (κ1) is 29.5. The molecule has 0 saturated carbocycles. The average molecular weight is 637 g/mol. The van der Waals surface area contributed by atoms with E-state index in [2.05, 4.69) is 169 Å². The zero-order valence-electron chi connectivity index (χ0n) is 27.4. The van der Waals surface area contributed by atoms with Crippen LogP contribution >= 0.6 is 0 Å². The topological polar surface area (TPSA) is 25.8 Å². The Morgan fingerprint density at radius 2 is 0.760 bits per heavy atom. The fraction of sp³-hybridized carbons (Fsp3) is 0. The van der Waals surface area contributed by atoms with Gasteiger partial charge in [-0.2, -0.15) is 0 Å². The van der Waals surface area contributed by atoms with Crippen LogP contribution in [-0.4, -0.2) is 9.97 Å². The number of nitrogens with zero attached hydrogens (tertiary/aromatic N) is 2. The monoisotopic (exact) mass is 636 g/mol. The van der Waals surface area contributed by atoms with Crippen LogP contribution in [0.15, 0.2) is 194 Å². The van der Waals surface area contributed by atoms with Gasteiger partial charge in [0, 0.05) is 23.5 Å². The van der Waals surface area contributed by atoms with Gasteiger partial charge in [-0.3, -0.25) is 9.97 Å². The highest BCUT2D eigenvalue weighted by atomic mass is 14.7. The first-order valence-electron chi connectivity index (χ1n) is 17.0. The molecule has 0 amide bonds. The minimum atomic E-state index is 0.915. The van der Waals surface area contributed by atoms with Crippen molar-refractivity contribution in [2.75, 3.05) is 0 Å². The van der Waals surface area contributed by atoms with E-state index in [1.165, 1.54) is 66.1 Å². The second-order valence-electron chi connectivity index (χ2n) is 12.5. The third-order valence-electron chi connectivity index (χ3n) is 9.61. The third-order valence-corrected chi connectivity index (χ3v) is 9.61. The van der Waals surface area contributed by atoms with Gasteiger partial charge in [-0.05, 0) is 96.4 Å². The Bertz CT molecular complexity index is 2610. The van der Waals surface area contributed by atoms with Gasteiger partial charge in [0.15, 0.2) is 0 Å². The van der Waals surface area contributed by atoms with Crippen molar-refractivity contribution in [1.29, 1.82) is 0 Å². The maximum absolute atomic E-state index is 4.96. The zero-order chi connectivity index (χ0) is 33.3. The highest BCUT2D eigenvalue weighted by Crippen LogP contribution is 2.48. The molecular weight excluding hydrogens is 605 g/mol. The summed E-state index contributed by atoms with van der Waals surface area (Å²) in [5, 5.41) is 4.85. The SMILES string of the molecule is c1ccc(-c2ccccc2-c2c3ccccc3c(-c3ccccc3-c3ccccc3)c3cc(-c4ccc(-c5ccccn5)cn4)ccc23)cc1. The van der Waals surface area contributed by atoms with Crippen LogP contribution in [0, 0.1) is 0 Å². The Hall–Kier alpha value is -6.64. The summed E-state index contributed by atoms with van der Waals surface area (Å²) in [6, 6.07) is 65.0. The molecule has 9 aromatic rings. The van der Waals surface area contributed by atoms with E-state index < -0.39 is 0 Å². The fourth-order valence-electron chi connectivity index (χ4n) is 7.31. The smallest absolute Gasteiger partial charge is 0.0717 e. The largest absolute Gasteiger partial charge is 0.256 e. The van der Waals surface area contributed by atoms with Crippen LogP contribution in [0.3, 0.4) is 0 Å². The fourth-order valence-corrected chi connectivity index (χ4v) is 7.31. The van der Waals surface area contributed by atoms with Crippen molar-refractivity contribution < 1.29 is 0 Å². The molecule has 0 unspecified atom stereocenters. The molecule has 50 heavy (non-hydrogen) atoms. The predicted octanol–water partition coefficient (Wildman–Crippen LogP) is 12.8. The molecule has 0 aliphatic heterocycles. The molecule has 0 N–H and O–H groups in total. The van der Waals surface area contributed by atoms with Gasteiger partial charge in [-0.15, -0.1) is 0 Å². The van der Waals surface area contributed by atoms with Gasteiger partial charge in [0.05, 0.1) is 11.4 Å². The number of hydrogen-bond acceptors (Lipinski definition) is 2. The normalized spacial score (nSPS) is 11.2. The Labute approximate surface area is 292 Å². The average Bonchev–Trinajstić information content (AvgIpc) is 3.21. The number of rotatable bonds is 6. The second kappa shape index (κ2) is 12.8.